The van der Waals surface area contributed by atoms with E-state index < -0.39 is 0 Å². The van der Waals surface area contributed by atoms with Crippen LogP contribution in [0.1, 0.15) is 45.1 Å². The zero-order valence-electron chi connectivity index (χ0n) is 12.9. The van der Waals surface area contributed by atoms with Crippen LogP contribution in [-0.4, -0.2) is 19.3 Å². The van der Waals surface area contributed by atoms with Gasteiger partial charge in [-0.1, -0.05) is 26.7 Å². The van der Waals surface area contributed by atoms with E-state index in [1.807, 2.05) is 24.3 Å². The quantitative estimate of drug-likeness (QED) is 0.713. The fourth-order valence-electron chi connectivity index (χ4n) is 2.94. The third-order valence-corrected chi connectivity index (χ3v) is 4.58. The summed E-state index contributed by atoms with van der Waals surface area (Å²) in [5.74, 6) is 0.926. The summed E-state index contributed by atoms with van der Waals surface area (Å²) in [7, 11) is 2.13. The van der Waals surface area contributed by atoms with Gasteiger partial charge in [0.2, 0.25) is 0 Å². The van der Waals surface area contributed by atoms with Crippen LogP contribution < -0.4 is 4.90 Å². The number of anilines is 1. The monoisotopic (exact) mass is 290 g/mol. The Morgan fingerprint density at radius 2 is 1.70 bits per heavy atom. The zero-order chi connectivity index (χ0) is 15.0. The van der Waals surface area contributed by atoms with Crippen LogP contribution in [-0.2, 0) is 0 Å². The number of rotatable bonds is 8. The molecular formula is C17H26N2S. The van der Waals surface area contributed by atoms with Crippen molar-refractivity contribution in [3.63, 3.8) is 0 Å². The second-order valence-electron chi connectivity index (χ2n) is 5.67. The third kappa shape index (κ3) is 4.45. The fraction of sp³-hybridized carbons (Fsp3) is 0.588. The lowest BCUT2D eigenvalue weighted by Crippen LogP contribution is -2.37. The normalized spacial score (nSPS) is 11.2. The molecule has 2 nitrogen and oxygen atoms in total. The molecule has 0 aliphatic rings. The molecule has 0 saturated heterocycles. The van der Waals surface area contributed by atoms with Gasteiger partial charge in [0.1, 0.15) is 0 Å². The van der Waals surface area contributed by atoms with E-state index in [-0.39, 0.29) is 5.41 Å². The van der Waals surface area contributed by atoms with E-state index in [0.29, 0.717) is 5.56 Å². The number of benzene rings is 1. The van der Waals surface area contributed by atoms with Gasteiger partial charge in [-0.05, 0) is 48.3 Å². The third-order valence-electron chi connectivity index (χ3n) is 3.91. The largest absolute Gasteiger partial charge is 0.374 e. The van der Waals surface area contributed by atoms with Gasteiger partial charge in [0.25, 0.3) is 0 Å². The van der Waals surface area contributed by atoms with Crippen molar-refractivity contribution >= 4 is 18.3 Å². The maximum atomic E-state index is 8.86. The van der Waals surface area contributed by atoms with Crippen LogP contribution in [0.5, 0.6) is 0 Å². The molecule has 0 unspecified atom stereocenters. The Labute approximate surface area is 129 Å². The lowest BCUT2D eigenvalue weighted by molar-refractivity contribution is 0.282. The van der Waals surface area contributed by atoms with Crippen LogP contribution in [0.3, 0.4) is 0 Å². The number of nitriles is 1. The molecule has 0 aromatic heterocycles. The Hall–Kier alpha value is -1.14. The average Bonchev–Trinajstić information content (AvgIpc) is 2.47. The predicted octanol–water partition coefficient (Wildman–Crippen LogP) is 4.51. The van der Waals surface area contributed by atoms with Crippen LogP contribution in [0.4, 0.5) is 5.69 Å². The van der Waals surface area contributed by atoms with Crippen LogP contribution in [0.25, 0.3) is 0 Å². The van der Waals surface area contributed by atoms with E-state index in [9.17, 15) is 0 Å². The summed E-state index contributed by atoms with van der Waals surface area (Å²) in [5.41, 5.74) is 2.17. The molecule has 0 N–H and O–H groups in total. The molecule has 3 heteroatoms. The van der Waals surface area contributed by atoms with Gasteiger partial charge >= 0.3 is 0 Å². The number of hydrogen-bond acceptors (Lipinski definition) is 3. The highest BCUT2D eigenvalue weighted by atomic mass is 32.1. The Balaban J connectivity index is 2.83. The van der Waals surface area contributed by atoms with Gasteiger partial charge < -0.3 is 4.90 Å². The minimum atomic E-state index is 0.287. The minimum Gasteiger partial charge on any atom is -0.374 e. The minimum absolute atomic E-state index is 0.287. The predicted molar refractivity (Wildman–Crippen MR) is 90.5 cm³/mol. The van der Waals surface area contributed by atoms with Crippen molar-refractivity contribution < 1.29 is 0 Å². The molecule has 0 radical (unpaired) electrons. The average molecular weight is 290 g/mol. The van der Waals surface area contributed by atoms with E-state index >= 15 is 0 Å². The van der Waals surface area contributed by atoms with Gasteiger partial charge in [0.05, 0.1) is 11.6 Å². The highest BCUT2D eigenvalue weighted by Gasteiger charge is 2.28. The highest BCUT2D eigenvalue weighted by Crippen LogP contribution is 2.33. The van der Waals surface area contributed by atoms with Gasteiger partial charge in [-0.25, -0.2) is 0 Å². The van der Waals surface area contributed by atoms with Gasteiger partial charge in [-0.3, -0.25) is 0 Å². The van der Waals surface area contributed by atoms with Crippen LogP contribution in [0, 0.1) is 16.7 Å². The number of nitrogens with zero attached hydrogens (tertiary/aromatic N) is 2. The molecule has 0 aliphatic heterocycles. The van der Waals surface area contributed by atoms with Crippen LogP contribution >= 0.6 is 12.6 Å². The van der Waals surface area contributed by atoms with Crippen molar-refractivity contribution in [2.24, 2.45) is 5.41 Å². The maximum Gasteiger partial charge on any atom is 0.0991 e. The van der Waals surface area contributed by atoms with Crippen molar-refractivity contribution in [2.45, 2.75) is 39.5 Å². The lowest BCUT2D eigenvalue weighted by atomic mass is 9.80. The van der Waals surface area contributed by atoms with Crippen molar-refractivity contribution in [3.05, 3.63) is 29.8 Å². The smallest absolute Gasteiger partial charge is 0.0991 e. The van der Waals surface area contributed by atoms with E-state index in [1.165, 1.54) is 31.4 Å². The fourth-order valence-corrected chi connectivity index (χ4v) is 3.35. The molecule has 0 aliphatic carbocycles. The first-order valence-electron chi connectivity index (χ1n) is 7.43. The summed E-state index contributed by atoms with van der Waals surface area (Å²) in [5, 5.41) is 8.86. The van der Waals surface area contributed by atoms with Crippen molar-refractivity contribution in [1.29, 1.82) is 5.26 Å². The molecular weight excluding hydrogens is 264 g/mol. The molecule has 0 saturated carbocycles. The van der Waals surface area contributed by atoms with Crippen molar-refractivity contribution in [2.75, 3.05) is 24.2 Å². The van der Waals surface area contributed by atoms with E-state index in [1.54, 1.807) is 0 Å². The SMILES string of the molecule is CCCC(CS)(CCC)CN(C)c1ccc(C#N)cc1. The van der Waals surface area contributed by atoms with Crippen LogP contribution in [0.2, 0.25) is 0 Å². The molecule has 1 aromatic carbocycles. The standard InChI is InChI=1S/C17H26N2S/c1-4-10-17(14-20,11-5-2)13-19(3)16-8-6-15(12-18)7-9-16/h6-9,20H,4-5,10-11,13-14H2,1-3H3. The molecule has 0 spiro atoms. The lowest BCUT2D eigenvalue weighted by Gasteiger charge is -2.37. The molecule has 0 heterocycles. The van der Waals surface area contributed by atoms with Crippen molar-refractivity contribution in [3.8, 4) is 6.07 Å². The second kappa shape index (κ2) is 8.21. The van der Waals surface area contributed by atoms with Gasteiger partial charge in [0.15, 0.2) is 0 Å². The Bertz CT molecular complexity index is 427. The van der Waals surface area contributed by atoms with Gasteiger partial charge in [-0.2, -0.15) is 17.9 Å². The zero-order valence-corrected chi connectivity index (χ0v) is 13.8. The topological polar surface area (TPSA) is 27.0 Å². The highest BCUT2D eigenvalue weighted by molar-refractivity contribution is 7.80. The summed E-state index contributed by atoms with van der Waals surface area (Å²) >= 11 is 4.62. The molecule has 0 fully saturated rings. The first kappa shape index (κ1) is 16.9. The second-order valence-corrected chi connectivity index (χ2v) is 5.99. The molecule has 1 rings (SSSR count). The summed E-state index contributed by atoms with van der Waals surface area (Å²) in [6, 6.07) is 9.98. The van der Waals surface area contributed by atoms with E-state index in [0.717, 1.165) is 12.3 Å². The Morgan fingerprint density at radius 1 is 1.15 bits per heavy atom. The molecule has 0 atom stereocenters. The van der Waals surface area contributed by atoms with Crippen molar-refractivity contribution in [1.82, 2.24) is 0 Å². The van der Waals surface area contributed by atoms with E-state index in [4.69, 9.17) is 5.26 Å². The van der Waals surface area contributed by atoms with Crippen LogP contribution in [0.15, 0.2) is 24.3 Å². The summed E-state index contributed by atoms with van der Waals surface area (Å²) < 4.78 is 0. The van der Waals surface area contributed by atoms with Gasteiger partial charge in [0, 0.05) is 19.3 Å². The Kier molecular flexibility index (Phi) is 6.95. The molecule has 1 aromatic rings. The van der Waals surface area contributed by atoms with E-state index in [2.05, 4.69) is 44.5 Å². The maximum absolute atomic E-state index is 8.86. The number of thiol groups is 1. The number of hydrogen-bond donors (Lipinski definition) is 1. The molecule has 110 valence electrons. The van der Waals surface area contributed by atoms with Gasteiger partial charge in [-0.15, -0.1) is 0 Å². The molecule has 0 amide bonds. The summed E-state index contributed by atoms with van der Waals surface area (Å²) in [6.45, 7) is 5.51. The summed E-state index contributed by atoms with van der Waals surface area (Å²) in [6.07, 6.45) is 4.82. The first-order valence-corrected chi connectivity index (χ1v) is 8.06. The summed E-state index contributed by atoms with van der Waals surface area (Å²) in [4.78, 5) is 2.29. The molecule has 20 heavy (non-hydrogen) atoms. The first-order chi connectivity index (χ1) is 9.60. The molecule has 0 bridgehead atoms. The Morgan fingerprint density at radius 3 is 2.10 bits per heavy atom.